The topological polar surface area (TPSA) is 35.8 Å². The molecule has 0 aromatic heterocycles. The van der Waals surface area contributed by atoms with Crippen LogP contribution in [0.2, 0.25) is 5.02 Å². The van der Waals surface area contributed by atoms with Gasteiger partial charge in [-0.15, -0.1) is 0 Å². The fourth-order valence-electron chi connectivity index (χ4n) is 1.98. The van der Waals surface area contributed by atoms with Gasteiger partial charge in [0.2, 0.25) is 0 Å². The molecule has 19 heavy (non-hydrogen) atoms. The van der Waals surface area contributed by atoms with Crippen molar-refractivity contribution in [1.29, 1.82) is 5.26 Å². The van der Waals surface area contributed by atoms with Gasteiger partial charge < -0.3 is 5.32 Å². The molecule has 0 aliphatic heterocycles. The molecule has 0 fully saturated rings. The molecule has 2 nitrogen and oxygen atoms in total. The number of aryl methyl sites for hydroxylation is 1. The van der Waals surface area contributed by atoms with Gasteiger partial charge in [-0.05, 0) is 42.7 Å². The van der Waals surface area contributed by atoms with Crippen LogP contribution < -0.4 is 5.32 Å². The van der Waals surface area contributed by atoms with Gasteiger partial charge in [-0.25, -0.2) is 0 Å². The van der Waals surface area contributed by atoms with Crippen LogP contribution in [0.4, 0.5) is 5.69 Å². The van der Waals surface area contributed by atoms with Gasteiger partial charge in [0.05, 0.1) is 11.3 Å². The Morgan fingerprint density at radius 2 is 1.89 bits per heavy atom. The highest BCUT2D eigenvalue weighted by molar-refractivity contribution is 6.30. The van der Waals surface area contributed by atoms with E-state index in [9.17, 15) is 0 Å². The molecule has 0 unspecified atom stereocenters. The number of hydrogen-bond acceptors (Lipinski definition) is 2. The van der Waals surface area contributed by atoms with Crippen molar-refractivity contribution in [3.8, 4) is 6.07 Å². The molecule has 0 atom stereocenters. The van der Waals surface area contributed by atoms with Gasteiger partial charge in [0, 0.05) is 11.6 Å². The fourth-order valence-corrected chi connectivity index (χ4v) is 2.10. The molecule has 2 aromatic carbocycles. The van der Waals surface area contributed by atoms with Crippen molar-refractivity contribution in [2.24, 2.45) is 0 Å². The summed E-state index contributed by atoms with van der Waals surface area (Å²) in [7, 11) is 0. The van der Waals surface area contributed by atoms with Crippen molar-refractivity contribution in [3.63, 3.8) is 0 Å². The smallest absolute Gasteiger partial charge is 0.101 e. The lowest BCUT2D eigenvalue weighted by Gasteiger charge is -2.11. The van der Waals surface area contributed by atoms with E-state index in [0.29, 0.717) is 5.56 Å². The fraction of sp³-hybridized carbons (Fsp3) is 0.188. The maximum Gasteiger partial charge on any atom is 0.101 e. The highest BCUT2D eigenvalue weighted by Gasteiger charge is 2.04. The molecule has 2 aromatic rings. The Kier molecular flexibility index (Phi) is 4.43. The maximum absolute atomic E-state index is 9.09. The van der Waals surface area contributed by atoms with Crippen molar-refractivity contribution in [3.05, 3.63) is 64.2 Å². The number of nitrogens with one attached hydrogen (secondary N) is 1. The van der Waals surface area contributed by atoms with Crippen LogP contribution in [-0.4, -0.2) is 6.54 Å². The summed E-state index contributed by atoms with van der Waals surface area (Å²) in [6.45, 7) is 2.80. The minimum atomic E-state index is 0.691. The minimum Gasteiger partial charge on any atom is -0.383 e. The lowest BCUT2D eigenvalue weighted by molar-refractivity contribution is 1.02. The summed E-state index contributed by atoms with van der Waals surface area (Å²) >= 11 is 5.85. The molecule has 0 amide bonds. The number of hydrogen-bond donors (Lipinski definition) is 1. The van der Waals surface area contributed by atoms with Crippen molar-refractivity contribution in [2.75, 3.05) is 11.9 Å². The molecular formula is C16H15ClN2. The Hall–Kier alpha value is -1.98. The van der Waals surface area contributed by atoms with Crippen molar-refractivity contribution in [2.45, 2.75) is 13.3 Å². The van der Waals surface area contributed by atoms with E-state index in [1.807, 2.05) is 49.4 Å². The Morgan fingerprint density at radius 3 is 2.58 bits per heavy atom. The predicted octanol–water partition coefficient (Wildman–Crippen LogP) is 4.17. The summed E-state index contributed by atoms with van der Waals surface area (Å²) in [5.74, 6) is 0. The van der Waals surface area contributed by atoms with E-state index in [2.05, 4.69) is 11.4 Å². The summed E-state index contributed by atoms with van der Waals surface area (Å²) in [6.07, 6.45) is 0.899. The van der Waals surface area contributed by atoms with Crippen LogP contribution in [0.3, 0.4) is 0 Å². The van der Waals surface area contributed by atoms with Gasteiger partial charge in [0.1, 0.15) is 6.07 Å². The highest BCUT2D eigenvalue weighted by atomic mass is 35.5. The van der Waals surface area contributed by atoms with Gasteiger partial charge in [0.25, 0.3) is 0 Å². The van der Waals surface area contributed by atoms with E-state index in [-0.39, 0.29) is 0 Å². The van der Waals surface area contributed by atoms with Gasteiger partial charge in [0.15, 0.2) is 0 Å². The van der Waals surface area contributed by atoms with Crippen molar-refractivity contribution < 1.29 is 0 Å². The van der Waals surface area contributed by atoms with Crippen LogP contribution >= 0.6 is 11.6 Å². The number of halogens is 1. The summed E-state index contributed by atoms with van der Waals surface area (Å²) in [4.78, 5) is 0. The average molecular weight is 271 g/mol. The molecule has 96 valence electrons. The third-order valence-corrected chi connectivity index (χ3v) is 3.27. The van der Waals surface area contributed by atoms with Gasteiger partial charge in [-0.1, -0.05) is 35.9 Å². The second kappa shape index (κ2) is 6.26. The Bertz CT molecular complexity index is 597. The first-order valence-electron chi connectivity index (χ1n) is 6.19. The zero-order chi connectivity index (χ0) is 13.7. The lowest BCUT2D eigenvalue weighted by Crippen LogP contribution is -2.07. The molecule has 0 aliphatic carbocycles. The largest absolute Gasteiger partial charge is 0.383 e. The van der Waals surface area contributed by atoms with Crippen LogP contribution in [0.25, 0.3) is 0 Å². The Labute approximate surface area is 118 Å². The van der Waals surface area contributed by atoms with Crippen LogP contribution in [0.15, 0.2) is 42.5 Å². The van der Waals surface area contributed by atoms with Gasteiger partial charge in [-0.3, -0.25) is 0 Å². The quantitative estimate of drug-likeness (QED) is 0.905. The summed E-state index contributed by atoms with van der Waals surface area (Å²) in [5.41, 5.74) is 3.94. The molecule has 1 N–H and O–H groups in total. The van der Waals surface area contributed by atoms with Gasteiger partial charge >= 0.3 is 0 Å². The normalized spacial score (nSPS) is 9.95. The number of para-hydroxylation sites is 1. The Balaban J connectivity index is 2.00. The highest BCUT2D eigenvalue weighted by Crippen LogP contribution is 2.19. The monoisotopic (exact) mass is 270 g/mol. The molecule has 2 rings (SSSR count). The maximum atomic E-state index is 9.09. The van der Waals surface area contributed by atoms with E-state index in [0.717, 1.165) is 29.2 Å². The van der Waals surface area contributed by atoms with Crippen LogP contribution in [0.5, 0.6) is 0 Å². The number of nitrogens with zero attached hydrogens (tertiary/aromatic N) is 1. The number of benzene rings is 2. The summed E-state index contributed by atoms with van der Waals surface area (Å²) in [5, 5.41) is 13.2. The van der Waals surface area contributed by atoms with Crippen LogP contribution in [-0.2, 0) is 6.42 Å². The predicted molar refractivity (Wildman–Crippen MR) is 79.5 cm³/mol. The van der Waals surface area contributed by atoms with E-state index in [1.165, 1.54) is 5.56 Å². The first kappa shape index (κ1) is 13.5. The molecule has 0 radical (unpaired) electrons. The van der Waals surface area contributed by atoms with Crippen molar-refractivity contribution in [1.82, 2.24) is 0 Å². The standard InChI is InChI=1S/C16H15ClN2/c1-12-3-2-4-14(11-18)16(12)19-10-9-13-5-7-15(17)8-6-13/h2-8,19H,9-10H2,1H3. The third kappa shape index (κ3) is 3.49. The zero-order valence-corrected chi connectivity index (χ0v) is 11.5. The van der Waals surface area contributed by atoms with Gasteiger partial charge in [-0.2, -0.15) is 5.26 Å². The summed E-state index contributed by atoms with van der Waals surface area (Å²) < 4.78 is 0. The molecule has 0 bridgehead atoms. The molecule has 0 saturated heterocycles. The number of rotatable bonds is 4. The Morgan fingerprint density at radius 1 is 1.16 bits per heavy atom. The lowest BCUT2D eigenvalue weighted by atomic mass is 10.1. The number of nitriles is 1. The first-order chi connectivity index (χ1) is 9.20. The van der Waals surface area contributed by atoms with E-state index in [4.69, 9.17) is 16.9 Å². The molecule has 0 aliphatic rings. The molecule has 0 heterocycles. The van der Waals surface area contributed by atoms with Crippen LogP contribution in [0.1, 0.15) is 16.7 Å². The molecular weight excluding hydrogens is 256 g/mol. The minimum absolute atomic E-state index is 0.691. The SMILES string of the molecule is Cc1cccc(C#N)c1NCCc1ccc(Cl)cc1. The zero-order valence-electron chi connectivity index (χ0n) is 10.8. The van der Waals surface area contributed by atoms with E-state index in [1.54, 1.807) is 0 Å². The van der Waals surface area contributed by atoms with E-state index < -0.39 is 0 Å². The van der Waals surface area contributed by atoms with Crippen LogP contribution in [0, 0.1) is 18.3 Å². The second-order valence-corrected chi connectivity index (χ2v) is 4.85. The van der Waals surface area contributed by atoms with Crippen molar-refractivity contribution >= 4 is 17.3 Å². The average Bonchev–Trinajstić information content (AvgIpc) is 2.42. The molecule has 0 spiro atoms. The third-order valence-electron chi connectivity index (χ3n) is 3.02. The second-order valence-electron chi connectivity index (χ2n) is 4.41. The summed E-state index contributed by atoms with van der Waals surface area (Å²) in [6, 6.07) is 15.8. The first-order valence-corrected chi connectivity index (χ1v) is 6.56. The number of anilines is 1. The molecule has 3 heteroatoms. The molecule has 0 saturated carbocycles. The van der Waals surface area contributed by atoms with E-state index >= 15 is 0 Å².